The van der Waals surface area contributed by atoms with E-state index in [0.717, 1.165) is 40.4 Å². The molecule has 1 aromatic heterocycles. The Kier molecular flexibility index (Phi) is 4.03. The van der Waals surface area contributed by atoms with Crippen LogP contribution in [0.4, 0.5) is 10.1 Å². The third-order valence-electron chi connectivity index (χ3n) is 3.35. The molecule has 0 bridgehead atoms. The van der Waals surface area contributed by atoms with Crippen molar-refractivity contribution >= 4 is 40.0 Å². The van der Waals surface area contributed by atoms with Gasteiger partial charge >= 0.3 is 0 Å². The monoisotopic (exact) mass is 321 g/mol. The maximum atomic E-state index is 13.4. The first-order valence-corrected chi connectivity index (χ1v) is 7.72. The number of hydrogen-bond acceptors (Lipinski definition) is 4. The molecule has 3 aromatic rings. The van der Waals surface area contributed by atoms with Crippen molar-refractivity contribution in [3.8, 4) is 0 Å². The molecule has 6 heteroatoms. The zero-order valence-corrected chi connectivity index (χ0v) is 12.9. The molecule has 3 nitrogen and oxygen atoms in total. The van der Waals surface area contributed by atoms with Crippen molar-refractivity contribution in [3.63, 3.8) is 0 Å². The summed E-state index contributed by atoms with van der Waals surface area (Å²) < 4.78 is 21.9. The molecule has 0 saturated carbocycles. The van der Waals surface area contributed by atoms with Gasteiger partial charge in [0.15, 0.2) is 0 Å². The number of fused-ring (bicyclic) bond motifs is 1. The first kappa shape index (κ1) is 14.2. The molecule has 3 rings (SSSR count). The second kappa shape index (κ2) is 5.95. The van der Waals surface area contributed by atoms with Crippen LogP contribution in [0.5, 0.6) is 0 Å². The number of rotatable bonds is 4. The van der Waals surface area contributed by atoms with Crippen LogP contribution in [-0.4, -0.2) is 8.75 Å². The highest BCUT2D eigenvalue weighted by Crippen LogP contribution is 2.33. The Hall–Kier alpha value is -1.72. The van der Waals surface area contributed by atoms with Gasteiger partial charge in [-0.3, -0.25) is 0 Å². The highest BCUT2D eigenvalue weighted by molar-refractivity contribution is 7.00. The van der Waals surface area contributed by atoms with E-state index in [2.05, 4.69) is 14.1 Å². The van der Waals surface area contributed by atoms with Crippen LogP contribution in [0.15, 0.2) is 36.4 Å². The Morgan fingerprint density at radius 3 is 2.90 bits per heavy atom. The molecule has 0 fully saturated rings. The van der Waals surface area contributed by atoms with Crippen LogP contribution in [-0.2, 0) is 0 Å². The smallest absolute Gasteiger partial charge is 0.129 e. The fourth-order valence-corrected chi connectivity index (χ4v) is 3.03. The Labute approximate surface area is 131 Å². The van der Waals surface area contributed by atoms with Crippen LogP contribution in [0.1, 0.15) is 24.9 Å². The Bertz CT molecular complexity index is 774. The minimum atomic E-state index is -0.243. The quantitative estimate of drug-likeness (QED) is 0.731. The minimum Gasteiger partial charge on any atom is -0.375 e. The van der Waals surface area contributed by atoms with Crippen LogP contribution >= 0.6 is 23.3 Å². The van der Waals surface area contributed by atoms with E-state index in [1.165, 1.54) is 12.1 Å². The van der Waals surface area contributed by atoms with Gasteiger partial charge in [0.1, 0.15) is 16.9 Å². The molecule has 0 aliphatic carbocycles. The molecule has 0 spiro atoms. The predicted octanol–water partition coefficient (Wildman–Crippen LogP) is 5.05. The van der Waals surface area contributed by atoms with Crippen molar-refractivity contribution in [1.82, 2.24) is 8.75 Å². The maximum Gasteiger partial charge on any atom is 0.129 e. The molecule has 21 heavy (non-hydrogen) atoms. The summed E-state index contributed by atoms with van der Waals surface area (Å²) in [5, 5.41) is 3.96. The summed E-state index contributed by atoms with van der Waals surface area (Å²) >= 11 is 7.43. The third kappa shape index (κ3) is 2.84. The first-order chi connectivity index (χ1) is 10.2. The number of halogens is 2. The maximum absolute atomic E-state index is 13.4. The molecule has 1 atom stereocenters. The van der Waals surface area contributed by atoms with Crippen molar-refractivity contribution in [1.29, 1.82) is 0 Å². The van der Waals surface area contributed by atoms with Gasteiger partial charge in [-0.15, -0.1) is 0 Å². The van der Waals surface area contributed by atoms with E-state index in [9.17, 15) is 4.39 Å². The Balaban J connectivity index is 1.99. The molecule has 108 valence electrons. The topological polar surface area (TPSA) is 37.8 Å². The molecule has 0 amide bonds. The highest BCUT2D eigenvalue weighted by atomic mass is 35.5. The van der Waals surface area contributed by atoms with Gasteiger partial charge in [0.25, 0.3) is 0 Å². The number of nitrogens with zero attached hydrogens (tertiary/aromatic N) is 2. The summed E-state index contributed by atoms with van der Waals surface area (Å²) in [7, 11) is 0. The van der Waals surface area contributed by atoms with Gasteiger partial charge in [0, 0.05) is 0 Å². The van der Waals surface area contributed by atoms with E-state index < -0.39 is 0 Å². The normalized spacial score (nSPS) is 12.5. The van der Waals surface area contributed by atoms with Crippen LogP contribution in [0, 0.1) is 5.82 Å². The third-order valence-corrected chi connectivity index (χ3v) is 4.21. The average Bonchev–Trinajstić information content (AvgIpc) is 2.95. The Morgan fingerprint density at radius 1 is 1.29 bits per heavy atom. The molecule has 0 radical (unpaired) electrons. The van der Waals surface area contributed by atoms with Crippen molar-refractivity contribution in [3.05, 3.63) is 52.8 Å². The van der Waals surface area contributed by atoms with Crippen molar-refractivity contribution in [2.45, 2.75) is 19.4 Å². The molecular weight excluding hydrogens is 309 g/mol. The second-order valence-electron chi connectivity index (χ2n) is 4.71. The highest BCUT2D eigenvalue weighted by Gasteiger charge is 2.15. The fraction of sp³-hybridized carbons (Fsp3) is 0.200. The van der Waals surface area contributed by atoms with Crippen molar-refractivity contribution < 1.29 is 4.39 Å². The second-order valence-corrected chi connectivity index (χ2v) is 5.65. The molecule has 0 aliphatic rings. The molecule has 0 aliphatic heterocycles. The van der Waals surface area contributed by atoms with Crippen LogP contribution in [0.25, 0.3) is 11.0 Å². The molecule has 2 aromatic carbocycles. The van der Waals surface area contributed by atoms with Crippen LogP contribution in [0.2, 0.25) is 5.02 Å². The summed E-state index contributed by atoms with van der Waals surface area (Å²) in [6, 6.07) is 10.2. The van der Waals surface area contributed by atoms with Gasteiger partial charge in [0.05, 0.1) is 28.5 Å². The largest absolute Gasteiger partial charge is 0.375 e. The van der Waals surface area contributed by atoms with Crippen molar-refractivity contribution in [2.24, 2.45) is 0 Å². The van der Waals surface area contributed by atoms with Gasteiger partial charge in [0.2, 0.25) is 0 Å². The lowest BCUT2D eigenvalue weighted by Crippen LogP contribution is -2.10. The summed E-state index contributed by atoms with van der Waals surface area (Å²) in [5.74, 6) is -0.243. The Morgan fingerprint density at radius 2 is 2.14 bits per heavy atom. The summed E-state index contributed by atoms with van der Waals surface area (Å²) in [6.45, 7) is 2.04. The van der Waals surface area contributed by atoms with Gasteiger partial charge in [-0.25, -0.2) is 4.39 Å². The van der Waals surface area contributed by atoms with Gasteiger partial charge in [-0.05, 0) is 36.2 Å². The summed E-state index contributed by atoms with van der Waals surface area (Å²) in [4.78, 5) is 0. The molecule has 1 heterocycles. The van der Waals surface area contributed by atoms with E-state index >= 15 is 0 Å². The molecule has 0 saturated heterocycles. The van der Waals surface area contributed by atoms with Crippen LogP contribution < -0.4 is 5.32 Å². The van der Waals surface area contributed by atoms with Gasteiger partial charge < -0.3 is 5.32 Å². The molecule has 1 unspecified atom stereocenters. The van der Waals surface area contributed by atoms with Crippen LogP contribution in [0.3, 0.4) is 0 Å². The summed E-state index contributed by atoms with van der Waals surface area (Å²) in [6.07, 6.45) is 0.799. The van der Waals surface area contributed by atoms with E-state index in [4.69, 9.17) is 11.6 Å². The lowest BCUT2D eigenvalue weighted by Gasteiger charge is -2.20. The average molecular weight is 322 g/mol. The molecule has 1 N–H and O–H groups in total. The minimum absolute atomic E-state index is 0.0366. The SMILES string of the molecule is CCC(Nc1c(Cl)ccc2nsnc12)c1cccc(F)c1. The lowest BCUT2D eigenvalue weighted by atomic mass is 10.0. The predicted molar refractivity (Wildman–Crippen MR) is 85.5 cm³/mol. The number of anilines is 1. The standard InChI is InChI=1S/C15H13ClFN3S/c1-2-12(9-4-3-5-10(17)8-9)18-14-11(16)6-7-13-15(14)20-21-19-13/h3-8,12,18H,2H2,1H3. The van der Waals surface area contributed by atoms with E-state index in [1.807, 2.05) is 19.1 Å². The first-order valence-electron chi connectivity index (χ1n) is 6.62. The van der Waals surface area contributed by atoms with Crippen molar-refractivity contribution in [2.75, 3.05) is 5.32 Å². The van der Waals surface area contributed by atoms with Gasteiger partial charge in [-0.2, -0.15) is 8.75 Å². The zero-order valence-electron chi connectivity index (χ0n) is 11.3. The van der Waals surface area contributed by atoms with Gasteiger partial charge in [-0.1, -0.05) is 30.7 Å². The van der Waals surface area contributed by atoms with E-state index in [0.29, 0.717) is 5.02 Å². The number of nitrogens with one attached hydrogen (secondary N) is 1. The summed E-state index contributed by atoms with van der Waals surface area (Å²) in [5.41, 5.74) is 3.19. The molecular formula is C15H13ClFN3S. The number of hydrogen-bond donors (Lipinski definition) is 1. The fourth-order valence-electron chi connectivity index (χ4n) is 2.28. The lowest BCUT2D eigenvalue weighted by molar-refractivity contribution is 0.621. The number of aromatic nitrogens is 2. The van der Waals surface area contributed by atoms with E-state index in [-0.39, 0.29) is 11.9 Å². The number of benzene rings is 2. The zero-order chi connectivity index (χ0) is 14.8. The van der Waals surface area contributed by atoms with E-state index in [1.54, 1.807) is 12.1 Å².